The average molecular weight is 542 g/mol. The summed E-state index contributed by atoms with van der Waals surface area (Å²) in [6.45, 7) is 4.07. The number of halogens is 1. The first kappa shape index (κ1) is 23.5. The van der Waals surface area contributed by atoms with Crippen molar-refractivity contribution in [2.24, 2.45) is 4.99 Å². The van der Waals surface area contributed by atoms with Gasteiger partial charge in [-0.15, -0.1) is 24.0 Å². The highest BCUT2D eigenvalue weighted by Gasteiger charge is 2.06. The molecule has 0 bridgehead atoms. The number of nitrogens with zero attached hydrogens (tertiary/aromatic N) is 4. The molecular formula is C24H27IN6O. The minimum Gasteiger partial charge on any atom is -0.444 e. The van der Waals surface area contributed by atoms with Crippen molar-refractivity contribution in [3.63, 3.8) is 0 Å². The molecule has 4 rings (SSSR count). The molecule has 0 atom stereocenters. The fourth-order valence-electron chi connectivity index (χ4n) is 3.16. The minimum absolute atomic E-state index is 0. The Kier molecular flexibility index (Phi) is 8.85. The van der Waals surface area contributed by atoms with Gasteiger partial charge < -0.3 is 15.1 Å². The number of hydrogen-bond donors (Lipinski definition) is 2. The Labute approximate surface area is 205 Å². The molecule has 32 heavy (non-hydrogen) atoms. The summed E-state index contributed by atoms with van der Waals surface area (Å²) in [5.41, 5.74) is 4.06. The second-order valence-corrected chi connectivity index (χ2v) is 7.00. The summed E-state index contributed by atoms with van der Waals surface area (Å²) in [5.74, 6) is 1.38. The number of aliphatic imine (C=N–C) groups is 1. The van der Waals surface area contributed by atoms with Gasteiger partial charge in [0, 0.05) is 31.0 Å². The molecule has 0 unspecified atom stereocenters. The molecule has 0 radical (unpaired) electrons. The van der Waals surface area contributed by atoms with Gasteiger partial charge in [-0.05, 0) is 49.2 Å². The van der Waals surface area contributed by atoms with E-state index in [0.717, 1.165) is 42.4 Å². The van der Waals surface area contributed by atoms with Crippen LogP contribution in [0, 0.1) is 0 Å². The van der Waals surface area contributed by atoms with Crippen LogP contribution in [0.25, 0.3) is 17.1 Å². The molecule has 2 aromatic carbocycles. The Morgan fingerprint density at radius 1 is 1.03 bits per heavy atom. The zero-order valence-electron chi connectivity index (χ0n) is 17.9. The first-order valence-electron chi connectivity index (χ1n) is 10.4. The summed E-state index contributed by atoms with van der Waals surface area (Å²) in [6, 6.07) is 20.2. The summed E-state index contributed by atoms with van der Waals surface area (Å²) in [4.78, 5) is 9.16. The number of guanidine groups is 1. The van der Waals surface area contributed by atoms with Crippen LogP contribution < -0.4 is 10.6 Å². The highest BCUT2D eigenvalue weighted by atomic mass is 127. The number of oxazole rings is 1. The van der Waals surface area contributed by atoms with Crippen LogP contribution in [0.5, 0.6) is 0 Å². The molecule has 2 aromatic heterocycles. The third kappa shape index (κ3) is 6.43. The van der Waals surface area contributed by atoms with Crippen LogP contribution in [0.4, 0.5) is 0 Å². The van der Waals surface area contributed by atoms with Gasteiger partial charge in [0.05, 0.1) is 12.2 Å². The first-order valence-corrected chi connectivity index (χ1v) is 10.4. The van der Waals surface area contributed by atoms with Crippen LogP contribution >= 0.6 is 24.0 Å². The van der Waals surface area contributed by atoms with Gasteiger partial charge in [0.25, 0.3) is 0 Å². The van der Waals surface area contributed by atoms with Crippen LogP contribution in [-0.2, 0) is 13.0 Å². The summed E-state index contributed by atoms with van der Waals surface area (Å²) in [7, 11) is 0. The Morgan fingerprint density at radius 2 is 1.84 bits per heavy atom. The second kappa shape index (κ2) is 12.0. The number of nitrogens with one attached hydrogen (secondary N) is 2. The Hall–Kier alpha value is -3.14. The van der Waals surface area contributed by atoms with Gasteiger partial charge in [-0.25, -0.2) is 14.7 Å². The van der Waals surface area contributed by atoms with Crippen LogP contribution in [0.1, 0.15) is 18.2 Å². The van der Waals surface area contributed by atoms with E-state index in [-0.39, 0.29) is 24.0 Å². The molecule has 0 saturated carbocycles. The van der Waals surface area contributed by atoms with Crippen LogP contribution in [0.2, 0.25) is 0 Å². The highest BCUT2D eigenvalue weighted by molar-refractivity contribution is 14.0. The van der Waals surface area contributed by atoms with Crippen molar-refractivity contribution < 1.29 is 4.42 Å². The van der Waals surface area contributed by atoms with E-state index in [1.54, 1.807) is 12.5 Å². The SMILES string of the molecule is CCNC(=NCc1coc(-c2ccccc2)n1)NCCc1ccc(-n2cccn2)cc1.I. The zero-order chi connectivity index (χ0) is 21.3. The van der Waals surface area contributed by atoms with Gasteiger partial charge in [-0.2, -0.15) is 5.10 Å². The number of benzene rings is 2. The summed E-state index contributed by atoms with van der Waals surface area (Å²) < 4.78 is 7.44. The molecule has 7 nitrogen and oxygen atoms in total. The molecule has 0 amide bonds. The van der Waals surface area contributed by atoms with Crippen molar-refractivity contribution >= 4 is 29.9 Å². The lowest BCUT2D eigenvalue weighted by atomic mass is 10.1. The summed E-state index contributed by atoms with van der Waals surface area (Å²) >= 11 is 0. The summed E-state index contributed by atoms with van der Waals surface area (Å²) in [5, 5.41) is 10.9. The Morgan fingerprint density at radius 3 is 2.56 bits per heavy atom. The topological polar surface area (TPSA) is 80.3 Å². The van der Waals surface area contributed by atoms with Crippen molar-refractivity contribution in [3.05, 3.63) is 90.6 Å². The standard InChI is InChI=1S/C24H26N6O.HI/c1-2-25-24(27-17-21-18-31-23(29-21)20-7-4-3-5-8-20)26-15-13-19-9-11-22(12-10-19)30-16-6-14-28-30;/h3-12,14,16,18H,2,13,15,17H2,1H3,(H2,25,26,27);1H. The Balaban J connectivity index is 0.00000289. The molecule has 0 aliphatic heterocycles. The fourth-order valence-corrected chi connectivity index (χ4v) is 3.16. The number of hydrogen-bond acceptors (Lipinski definition) is 4. The normalized spacial score (nSPS) is 11.1. The minimum atomic E-state index is 0. The molecule has 0 saturated heterocycles. The van der Waals surface area contributed by atoms with Gasteiger partial charge >= 0.3 is 0 Å². The van der Waals surface area contributed by atoms with E-state index >= 15 is 0 Å². The lowest BCUT2D eigenvalue weighted by Crippen LogP contribution is -2.38. The molecule has 8 heteroatoms. The van der Waals surface area contributed by atoms with E-state index < -0.39 is 0 Å². The predicted octanol–water partition coefficient (Wildman–Crippen LogP) is 4.44. The van der Waals surface area contributed by atoms with Gasteiger partial charge in [0.15, 0.2) is 5.96 Å². The van der Waals surface area contributed by atoms with Crippen LogP contribution in [0.3, 0.4) is 0 Å². The van der Waals surface area contributed by atoms with Crippen molar-refractivity contribution in [3.8, 4) is 17.1 Å². The lowest BCUT2D eigenvalue weighted by molar-refractivity contribution is 0.572. The maximum Gasteiger partial charge on any atom is 0.226 e. The van der Waals surface area contributed by atoms with E-state index in [1.165, 1.54) is 5.56 Å². The predicted molar refractivity (Wildman–Crippen MR) is 137 cm³/mol. The first-order chi connectivity index (χ1) is 15.3. The molecule has 4 aromatic rings. The maximum absolute atomic E-state index is 5.59. The zero-order valence-corrected chi connectivity index (χ0v) is 20.3. The van der Waals surface area contributed by atoms with Crippen LogP contribution in [0.15, 0.2) is 88.7 Å². The molecule has 0 aliphatic rings. The van der Waals surface area contributed by atoms with E-state index in [0.29, 0.717) is 12.4 Å². The third-order valence-electron chi connectivity index (χ3n) is 4.73. The molecule has 0 spiro atoms. The van der Waals surface area contributed by atoms with Crippen molar-refractivity contribution in [1.82, 2.24) is 25.4 Å². The lowest BCUT2D eigenvalue weighted by Gasteiger charge is -2.11. The molecule has 166 valence electrons. The largest absolute Gasteiger partial charge is 0.444 e. The molecule has 2 N–H and O–H groups in total. The quantitative estimate of drug-likeness (QED) is 0.196. The monoisotopic (exact) mass is 542 g/mol. The van der Waals surface area contributed by atoms with Crippen molar-refractivity contribution in [2.75, 3.05) is 13.1 Å². The average Bonchev–Trinajstić information content (AvgIpc) is 3.51. The van der Waals surface area contributed by atoms with Crippen LogP contribution in [-0.4, -0.2) is 33.8 Å². The van der Waals surface area contributed by atoms with Gasteiger partial charge in [0.1, 0.15) is 12.0 Å². The number of aromatic nitrogens is 3. The van der Waals surface area contributed by atoms with Crippen molar-refractivity contribution in [2.45, 2.75) is 19.9 Å². The van der Waals surface area contributed by atoms with E-state index in [2.05, 4.69) is 56.9 Å². The Bertz CT molecular complexity index is 1090. The molecule has 2 heterocycles. The maximum atomic E-state index is 5.59. The highest BCUT2D eigenvalue weighted by Crippen LogP contribution is 2.18. The van der Waals surface area contributed by atoms with Gasteiger partial charge in [-0.1, -0.05) is 30.3 Å². The molecular weight excluding hydrogens is 515 g/mol. The third-order valence-corrected chi connectivity index (χ3v) is 4.73. The van der Waals surface area contributed by atoms with Crippen molar-refractivity contribution in [1.29, 1.82) is 0 Å². The summed E-state index contributed by atoms with van der Waals surface area (Å²) in [6.07, 6.45) is 6.27. The van der Waals surface area contributed by atoms with E-state index in [4.69, 9.17) is 4.42 Å². The molecule has 0 fully saturated rings. The van der Waals surface area contributed by atoms with E-state index in [1.807, 2.05) is 47.3 Å². The second-order valence-electron chi connectivity index (χ2n) is 7.00. The number of rotatable bonds is 8. The molecule has 0 aliphatic carbocycles. The van der Waals surface area contributed by atoms with E-state index in [9.17, 15) is 0 Å². The fraction of sp³-hybridized carbons (Fsp3) is 0.208. The van der Waals surface area contributed by atoms with Gasteiger partial charge in [-0.3, -0.25) is 0 Å². The van der Waals surface area contributed by atoms with Gasteiger partial charge in [0.2, 0.25) is 5.89 Å². The smallest absolute Gasteiger partial charge is 0.226 e.